The fraction of sp³-hybridized carbons (Fsp3) is 0.391. The van der Waals surface area contributed by atoms with Gasteiger partial charge in [0.25, 0.3) is 11.8 Å². The van der Waals surface area contributed by atoms with Gasteiger partial charge in [-0.25, -0.2) is 4.39 Å². The molecular formula is C23H25FN2O2. The summed E-state index contributed by atoms with van der Waals surface area (Å²) in [6.45, 7) is 0.825. The topological polar surface area (TPSA) is 49.4 Å². The quantitative estimate of drug-likeness (QED) is 0.826. The minimum Gasteiger partial charge on any atom is -0.335 e. The van der Waals surface area contributed by atoms with Crippen LogP contribution in [-0.4, -0.2) is 29.3 Å². The molecule has 2 fully saturated rings. The van der Waals surface area contributed by atoms with Crippen LogP contribution >= 0.6 is 0 Å². The summed E-state index contributed by atoms with van der Waals surface area (Å²) in [6, 6.07) is 13.1. The molecule has 0 bridgehead atoms. The minimum atomic E-state index is -0.557. The summed E-state index contributed by atoms with van der Waals surface area (Å²) in [5, 5.41) is 2.69. The van der Waals surface area contributed by atoms with Crippen LogP contribution in [0.25, 0.3) is 0 Å². The molecule has 1 N–H and O–H groups in total. The maximum atomic E-state index is 13.7. The number of fused-ring (bicyclic) bond motifs is 1. The van der Waals surface area contributed by atoms with Gasteiger partial charge >= 0.3 is 0 Å². The predicted molar refractivity (Wildman–Crippen MR) is 107 cm³/mol. The summed E-state index contributed by atoms with van der Waals surface area (Å²) < 4.78 is 13.7. The van der Waals surface area contributed by atoms with Crippen LogP contribution in [0.5, 0.6) is 0 Å². The second-order valence-electron chi connectivity index (χ2n) is 7.76. The van der Waals surface area contributed by atoms with Gasteiger partial charge in [-0.05, 0) is 68.0 Å². The molecule has 2 aliphatic rings. The summed E-state index contributed by atoms with van der Waals surface area (Å²) in [5.74, 6) is -0.341. The minimum absolute atomic E-state index is 0.000639. The molecular weight excluding hydrogens is 355 g/mol. The second kappa shape index (κ2) is 8.13. The van der Waals surface area contributed by atoms with Crippen molar-refractivity contribution in [2.24, 2.45) is 5.92 Å². The number of nitrogens with zero attached hydrogens (tertiary/aromatic N) is 1. The molecule has 1 aliphatic carbocycles. The first-order chi connectivity index (χ1) is 13.6. The number of piperidine rings is 1. The van der Waals surface area contributed by atoms with Gasteiger partial charge in [0.2, 0.25) is 0 Å². The van der Waals surface area contributed by atoms with E-state index in [9.17, 15) is 14.0 Å². The van der Waals surface area contributed by atoms with Gasteiger partial charge in [-0.3, -0.25) is 9.59 Å². The molecule has 1 saturated heterocycles. The molecule has 1 aliphatic heterocycles. The molecule has 1 heterocycles. The average Bonchev–Trinajstić information content (AvgIpc) is 2.73. The Hall–Kier alpha value is -2.69. The third-order valence-electron chi connectivity index (χ3n) is 6.01. The first-order valence-electron chi connectivity index (χ1n) is 10.1. The number of carbonyl (C=O) groups is 2. The number of anilines is 1. The molecule has 2 aromatic rings. The Morgan fingerprint density at radius 1 is 0.929 bits per heavy atom. The van der Waals surface area contributed by atoms with E-state index in [4.69, 9.17) is 0 Å². The van der Waals surface area contributed by atoms with E-state index in [1.807, 2.05) is 0 Å². The Morgan fingerprint density at radius 2 is 1.64 bits per heavy atom. The van der Waals surface area contributed by atoms with Crippen molar-refractivity contribution in [2.45, 2.75) is 44.6 Å². The van der Waals surface area contributed by atoms with Crippen molar-refractivity contribution in [1.29, 1.82) is 0 Å². The number of amides is 2. The molecule has 0 unspecified atom stereocenters. The standard InChI is InChI=1S/C23H25FN2O2/c24-20-9-3-2-8-19(20)22(27)25-18-13-11-17(12-14-18)23(28)26-15-5-7-16-6-1-4-10-21(16)26/h2-3,8-9,11-14,16,21H,1,4-7,10,15H2,(H,25,27)/t16-,21-/m0/s1. The van der Waals surface area contributed by atoms with Crippen LogP contribution in [0.15, 0.2) is 48.5 Å². The van der Waals surface area contributed by atoms with Crippen molar-refractivity contribution in [3.05, 3.63) is 65.5 Å². The molecule has 28 heavy (non-hydrogen) atoms. The van der Waals surface area contributed by atoms with Gasteiger partial charge in [0, 0.05) is 23.8 Å². The van der Waals surface area contributed by atoms with Crippen molar-refractivity contribution >= 4 is 17.5 Å². The van der Waals surface area contributed by atoms with Crippen LogP contribution in [0.4, 0.5) is 10.1 Å². The zero-order chi connectivity index (χ0) is 19.5. The highest BCUT2D eigenvalue weighted by Gasteiger charge is 2.35. The number of nitrogens with one attached hydrogen (secondary N) is 1. The Bertz CT molecular complexity index is 863. The highest BCUT2D eigenvalue weighted by Crippen LogP contribution is 2.36. The summed E-state index contributed by atoms with van der Waals surface area (Å²) >= 11 is 0. The maximum absolute atomic E-state index is 13.7. The van der Waals surface area contributed by atoms with Gasteiger partial charge < -0.3 is 10.2 Å². The largest absolute Gasteiger partial charge is 0.335 e. The van der Waals surface area contributed by atoms with Crippen molar-refractivity contribution in [1.82, 2.24) is 4.90 Å². The number of hydrogen-bond acceptors (Lipinski definition) is 2. The highest BCUT2D eigenvalue weighted by molar-refractivity contribution is 6.04. The number of rotatable bonds is 3. The molecule has 2 amide bonds. The molecule has 0 radical (unpaired) electrons. The molecule has 0 spiro atoms. The zero-order valence-electron chi connectivity index (χ0n) is 15.9. The van der Waals surface area contributed by atoms with Gasteiger partial charge in [0.15, 0.2) is 0 Å². The monoisotopic (exact) mass is 380 g/mol. The molecule has 5 heteroatoms. The van der Waals surface area contributed by atoms with Gasteiger partial charge in [-0.2, -0.15) is 0 Å². The van der Waals surface area contributed by atoms with Crippen LogP contribution in [0.3, 0.4) is 0 Å². The van der Waals surface area contributed by atoms with E-state index in [0.717, 1.165) is 19.4 Å². The zero-order valence-corrected chi connectivity index (χ0v) is 15.9. The molecule has 4 nitrogen and oxygen atoms in total. The normalized spacial score (nSPS) is 21.7. The lowest BCUT2D eigenvalue weighted by Gasteiger charge is -2.44. The molecule has 1 saturated carbocycles. The van der Waals surface area contributed by atoms with Crippen LogP contribution < -0.4 is 5.32 Å². The van der Waals surface area contributed by atoms with Crippen LogP contribution in [0.1, 0.15) is 59.2 Å². The van der Waals surface area contributed by atoms with E-state index in [1.54, 1.807) is 36.4 Å². The van der Waals surface area contributed by atoms with Crippen LogP contribution in [0, 0.1) is 11.7 Å². The molecule has 146 valence electrons. The Kier molecular flexibility index (Phi) is 5.42. The molecule has 0 aromatic heterocycles. The van der Waals surface area contributed by atoms with E-state index in [-0.39, 0.29) is 11.5 Å². The molecule has 4 rings (SSSR count). The van der Waals surface area contributed by atoms with E-state index < -0.39 is 11.7 Å². The lowest BCUT2D eigenvalue weighted by molar-refractivity contribution is 0.0390. The fourth-order valence-electron chi connectivity index (χ4n) is 4.58. The van der Waals surface area contributed by atoms with E-state index >= 15 is 0 Å². The number of benzene rings is 2. The van der Waals surface area contributed by atoms with Crippen LogP contribution in [0.2, 0.25) is 0 Å². The Balaban J connectivity index is 1.45. The third kappa shape index (κ3) is 3.79. The number of halogens is 1. The lowest BCUT2D eigenvalue weighted by Crippen LogP contribution is -2.49. The average molecular weight is 380 g/mol. The number of likely N-dealkylation sites (tertiary alicyclic amines) is 1. The molecule has 2 atom stereocenters. The Labute approximate surface area is 164 Å². The van der Waals surface area contributed by atoms with Crippen molar-refractivity contribution in [3.8, 4) is 0 Å². The SMILES string of the molecule is O=C(Nc1ccc(C(=O)N2CCC[C@@H]3CCCC[C@@H]32)cc1)c1ccccc1F. The van der Waals surface area contributed by atoms with Crippen molar-refractivity contribution in [3.63, 3.8) is 0 Å². The highest BCUT2D eigenvalue weighted by atomic mass is 19.1. The van der Waals surface area contributed by atoms with E-state index in [1.165, 1.54) is 37.8 Å². The van der Waals surface area contributed by atoms with Gasteiger partial charge in [0.1, 0.15) is 5.82 Å². The number of hydrogen-bond donors (Lipinski definition) is 1. The predicted octanol–water partition coefficient (Wildman–Crippen LogP) is 4.87. The van der Waals surface area contributed by atoms with E-state index in [2.05, 4.69) is 10.2 Å². The van der Waals surface area contributed by atoms with Gasteiger partial charge in [-0.1, -0.05) is 25.0 Å². The van der Waals surface area contributed by atoms with Crippen molar-refractivity contribution < 1.29 is 14.0 Å². The first-order valence-corrected chi connectivity index (χ1v) is 10.1. The van der Waals surface area contributed by atoms with E-state index in [0.29, 0.717) is 23.2 Å². The smallest absolute Gasteiger partial charge is 0.258 e. The van der Waals surface area contributed by atoms with Gasteiger partial charge in [0.05, 0.1) is 5.56 Å². The second-order valence-corrected chi connectivity index (χ2v) is 7.76. The summed E-state index contributed by atoms with van der Waals surface area (Å²) in [5.41, 5.74) is 1.17. The molecule has 2 aromatic carbocycles. The summed E-state index contributed by atoms with van der Waals surface area (Å²) in [7, 11) is 0. The lowest BCUT2D eigenvalue weighted by atomic mass is 9.78. The van der Waals surface area contributed by atoms with Gasteiger partial charge in [-0.15, -0.1) is 0 Å². The Morgan fingerprint density at radius 3 is 2.43 bits per heavy atom. The first kappa shape index (κ1) is 18.7. The van der Waals surface area contributed by atoms with Crippen LogP contribution in [-0.2, 0) is 0 Å². The fourth-order valence-corrected chi connectivity index (χ4v) is 4.58. The summed E-state index contributed by atoms with van der Waals surface area (Å²) in [4.78, 5) is 27.3. The number of carbonyl (C=O) groups excluding carboxylic acids is 2. The maximum Gasteiger partial charge on any atom is 0.258 e. The van der Waals surface area contributed by atoms with Crippen molar-refractivity contribution in [2.75, 3.05) is 11.9 Å². The summed E-state index contributed by atoms with van der Waals surface area (Å²) in [6.07, 6.45) is 7.12. The third-order valence-corrected chi connectivity index (χ3v) is 6.01.